The first-order valence-corrected chi connectivity index (χ1v) is 7.34. The highest BCUT2D eigenvalue weighted by Gasteiger charge is 2.08. The number of nitrogens with one attached hydrogen (secondary N) is 2. The van der Waals surface area contributed by atoms with Crippen molar-refractivity contribution in [3.8, 4) is 5.75 Å². The van der Waals surface area contributed by atoms with Gasteiger partial charge in [0.25, 0.3) is 0 Å². The molecule has 0 aliphatic rings. The van der Waals surface area contributed by atoms with Crippen molar-refractivity contribution in [3.05, 3.63) is 53.6 Å². The third kappa shape index (κ3) is 4.25. The molecule has 4 nitrogen and oxygen atoms in total. The Bertz CT molecular complexity index is 653. The van der Waals surface area contributed by atoms with Crippen LogP contribution in [0.25, 0.3) is 0 Å². The number of carbonyl (C=O) groups is 1. The van der Waals surface area contributed by atoms with Crippen molar-refractivity contribution in [1.29, 1.82) is 0 Å². The lowest BCUT2D eigenvalue weighted by Gasteiger charge is -2.12. The lowest BCUT2D eigenvalue weighted by molar-refractivity contribution is -0.116. The van der Waals surface area contributed by atoms with Gasteiger partial charge in [-0.15, -0.1) is 0 Å². The van der Waals surface area contributed by atoms with Crippen LogP contribution in [0.2, 0.25) is 0 Å². The van der Waals surface area contributed by atoms with Crippen LogP contribution in [0.5, 0.6) is 5.75 Å². The van der Waals surface area contributed by atoms with Gasteiger partial charge in [0.2, 0.25) is 5.91 Å². The van der Waals surface area contributed by atoms with Crippen LogP contribution in [0.3, 0.4) is 0 Å². The number of methoxy groups -OCH3 is 1. The van der Waals surface area contributed by atoms with Crippen molar-refractivity contribution < 1.29 is 9.53 Å². The molecule has 0 aromatic heterocycles. The van der Waals surface area contributed by atoms with Crippen molar-refractivity contribution in [1.82, 2.24) is 0 Å². The van der Waals surface area contributed by atoms with E-state index in [1.54, 1.807) is 7.11 Å². The molecule has 0 aliphatic carbocycles. The van der Waals surface area contributed by atoms with E-state index in [4.69, 9.17) is 4.74 Å². The highest BCUT2D eigenvalue weighted by molar-refractivity contribution is 5.92. The first kappa shape index (κ1) is 15.9. The number of carbonyl (C=O) groups excluding carboxylic acids is 1. The van der Waals surface area contributed by atoms with Crippen molar-refractivity contribution in [2.75, 3.05) is 24.3 Å². The summed E-state index contributed by atoms with van der Waals surface area (Å²) in [5, 5.41) is 6.18. The van der Waals surface area contributed by atoms with E-state index in [2.05, 4.69) is 10.6 Å². The summed E-state index contributed by atoms with van der Waals surface area (Å²) < 4.78 is 5.26. The fourth-order valence-electron chi connectivity index (χ4n) is 2.21. The quantitative estimate of drug-likeness (QED) is 0.854. The number of hydrogen-bond donors (Lipinski definition) is 2. The van der Waals surface area contributed by atoms with Gasteiger partial charge in [-0.2, -0.15) is 0 Å². The van der Waals surface area contributed by atoms with E-state index in [0.717, 1.165) is 11.3 Å². The van der Waals surface area contributed by atoms with E-state index >= 15 is 0 Å². The Balaban J connectivity index is 1.88. The summed E-state index contributed by atoms with van der Waals surface area (Å²) >= 11 is 0. The van der Waals surface area contributed by atoms with Crippen LogP contribution in [-0.2, 0) is 4.79 Å². The maximum Gasteiger partial charge on any atom is 0.226 e. The minimum absolute atomic E-state index is 0.0371. The minimum atomic E-state index is -0.0371. The molecule has 0 spiro atoms. The molecule has 2 aromatic carbocycles. The Morgan fingerprint density at radius 1 is 1.09 bits per heavy atom. The zero-order valence-electron chi connectivity index (χ0n) is 13.3. The molecule has 22 heavy (non-hydrogen) atoms. The lowest BCUT2D eigenvalue weighted by Crippen LogP contribution is -2.17. The van der Waals surface area contributed by atoms with Crippen molar-refractivity contribution in [2.24, 2.45) is 0 Å². The van der Waals surface area contributed by atoms with E-state index in [-0.39, 0.29) is 5.91 Å². The smallest absolute Gasteiger partial charge is 0.226 e. The van der Waals surface area contributed by atoms with Crippen LogP contribution in [0.15, 0.2) is 42.5 Å². The van der Waals surface area contributed by atoms with Gasteiger partial charge < -0.3 is 15.4 Å². The summed E-state index contributed by atoms with van der Waals surface area (Å²) in [4.78, 5) is 12.1. The molecule has 1 amide bonds. The van der Waals surface area contributed by atoms with Gasteiger partial charge in [-0.1, -0.05) is 24.3 Å². The zero-order valence-corrected chi connectivity index (χ0v) is 13.3. The average Bonchev–Trinajstić information content (AvgIpc) is 2.49. The van der Waals surface area contributed by atoms with Gasteiger partial charge >= 0.3 is 0 Å². The van der Waals surface area contributed by atoms with E-state index in [1.165, 1.54) is 5.56 Å². The van der Waals surface area contributed by atoms with E-state index in [1.807, 2.05) is 56.3 Å². The Kier molecular flexibility index (Phi) is 5.42. The standard InChI is InChI=1S/C18H22N2O2/c1-13-8-9-17(22-3)16(12-13)20-18(21)10-11-19-15-7-5-4-6-14(15)2/h4-9,12,19H,10-11H2,1-3H3,(H,20,21). The van der Waals surface area contributed by atoms with Gasteiger partial charge in [-0.25, -0.2) is 0 Å². The molecule has 2 aromatic rings. The maximum atomic E-state index is 12.1. The number of hydrogen-bond acceptors (Lipinski definition) is 3. The molecule has 0 fully saturated rings. The summed E-state index contributed by atoms with van der Waals surface area (Å²) in [5.74, 6) is 0.635. The first-order valence-electron chi connectivity index (χ1n) is 7.34. The number of para-hydroxylation sites is 1. The average molecular weight is 298 g/mol. The molecule has 2 N–H and O–H groups in total. The first-order chi connectivity index (χ1) is 10.6. The molecule has 0 saturated carbocycles. The summed E-state index contributed by atoms with van der Waals surface area (Å²) in [7, 11) is 1.60. The van der Waals surface area contributed by atoms with E-state index in [9.17, 15) is 4.79 Å². The van der Waals surface area contributed by atoms with Gasteiger partial charge in [-0.05, 0) is 43.2 Å². The third-order valence-corrected chi connectivity index (χ3v) is 3.44. The molecule has 0 bridgehead atoms. The lowest BCUT2D eigenvalue weighted by atomic mass is 10.2. The Labute approximate surface area is 131 Å². The van der Waals surface area contributed by atoms with Gasteiger partial charge in [0.15, 0.2) is 0 Å². The Morgan fingerprint density at radius 2 is 1.86 bits per heavy atom. The van der Waals surface area contributed by atoms with Gasteiger partial charge in [-0.3, -0.25) is 4.79 Å². The Hall–Kier alpha value is -2.49. The minimum Gasteiger partial charge on any atom is -0.495 e. The molecule has 0 saturated heterocycles. The Morgan fingerprint density at radius 3 is 2.59 bits per heavy atom. The summed E-state index contributed by atoms with van der Waals surface area (Å²) in [6.07, 6.45) is 0.394. The molecule has 0 unspecified atom stereocenters. The van der Waals surface area contributed by atoms with E-state index < -0.39 is 0 Å². The predicted molar refractivity (Wildman–Crippen MR) is 90.6 cm³/mol. The van der Waals surface area contributed by atoms with Crippen LogP contribution >= 0.6 is 0 Å². The molecule has 0 atom stereocenters. The highest BCUT2D eigenvalue weighted by Crippen LogP contribution is 2.25. The molecule has 116 valence electrons. The van der Waals surface area contributed by atoms with E-state index in [0.29, 0.717) is 24.4 Å². The highest BCUT2D eigenvalue weighted by atomic mass is 16.5. The molecule has 0 heterocycles. The van der Waals surface area contributed by atoms with Crippen molar-refractivity contribution >= 4 is 17.3 Å². The number of ether oxygens (including phenoxy) is 1. The summed E-state index contributed by atoms with van der Waals surface area (Å²) in [5.41, 5.74) is 4.02. The topological polar surface area (TPSA) is 50.4 Å². The second kappa shape index (κ2) is 7.50. The second-order valence-corrected chi connectivity index (χ2v) is 5.24. The largest absolute Gasteiger partial charge is 0.495 e. The van der Waals surface area contributed by atoms with Crippen LogP contribution in [0.4, 0.5) is 11.4 Å². The number of aryl methyl sites for hydroxylation is 2. The normalized spacial score (nSPS) is 10.1. The van der Waals surface area contributed by atoms with Crippen molar-refractivity contribution in [3.63, 3.8) is 0 Å². The second-order valence-electron chi connectivity index (χ2n) is 5.24. The van der Waals surface area contributed by atoms with Crippen LogP contribution in [0, 0.1) is 13.8 Å². The number of anilines is 2. The number of benzene rings is 2. The fourth-order valence-corrected chi connectivity index (χ4v) is 2.21. The molecular weight excluding hydrogens is 276 g/mol. The summed E-state index contributed by atoms with van der Waals surface area (Å²) in [6, 6.07) is 13.7. The molecule has 4 heteroatoms. The monoisotopic (exact) mass is 298 g/mol. The van der Waals surface area contributed by atoms with Crippen LogP contribution < -0.4 is 15.4 Å². The van der Waals surface area contributed by atoms with Crippen LogP contribution in [0.1, 0.15) is 17.5 Å². The molecule has 0 aliphatic heterocycles. The summed E-state index contributed by atoms with van der Waals surface area (Å²) in [6.45, 7) is 4.61. The molecule has 2 rings (SSSR count). The number of amides is 1. The third-order valence-electron chi connectivity index (χ3n) is 3.44. The van der Waals surface area contributed by atoms with Crippen molar-refractivity contribution in [2.45, 2.75) is 20.3 Å². The van der Waals surface area contributed by atoms with Crippen LogP contribution in [-0.4, -0.2) is 19.6 Å². The number of rotatable bonds is 6. The van der Waals surface area contributed by atoms with Gasteiger partial charge in [0.05, 0.1) is 12.8 Å². The van der Waals surface area contributed by atoms with Gasteiger partial charge in [0.1, 0.15) is 5.75 Å². The SMILES string of the molecule is COc1ccc(C)cc1NC(=O)CCNc1ccccc1C. The van der Waals surface area contributed by atoms with Gasteiger partial charge in [0, 0.05) is 18.7 Å². The predicted octanol–water partition coefficient (Wildman–Crippen LogP) is 3.75. The molecular formula is C18H22N2O2. The molecule has 0 radical (unpaired) electrons. The maximum absolute atomic E-state index is 12.1. The fraction of sp³-hybridized carbons (Fsp3) is 0.278. The zero-order chi connectivity index (χ0) is 15.9.